The molecule has 0 radical (unpaired) electrons. The summed E-state index contributed by atoms with van der Waals surface area (Å²) in [6.07, 6.45) is 7.55. The molecular weight excluding hydrogens is 418 g/mol. The molecule has 3 heterocycles. The molecule has 8 heteroatoms. The van der Waals surface area contributed by atoms with Crippen molar-refractivity contribution in [3.8, 4) is 11.5 Å². The van der Waals surface area contributed by atoms with E-state index >= 15 is 0 Å². The zero-order valence-electron chi connectivity index (χ0n) is 19.6. The molecule has 1 saturated carbocycles. The number of hydrogen-bond acceptors (Lipinski definition) is 7. The van der Waals surface area contributed by atoms with E-state index in [-0.39, 0.29) is 5.91 Å². The van der Waals surface area contributed by atoms with E-state index in [1.807, 2.05) is 11.1 Å². The van der Waals surface area contributed by atoms with Gasteiger partial charge >= 0.3 is 0 Å². The van der Waals surface area contributed by atoms with Crippen LogP contribution < -0.4 is 14.4 Å². The van der Waals surface area contributed by atoms with Gasteiger partial charge in [0.05, 0.1) is 25.5 Å². The molecule has 8 nitrogen and oxygen atoms in total. The summed E-state index contributed by atoms with van der Waals surface area (Å²) in [6, 6.07) is 6.12. The van der Waals surface area contributed by atoms with Crippen LogP contribution in [0.2, 0.25) is 0 Å². The van der Waals surface area contributed by atoms with Crippen LogP contribution in [0.5, 0.6) is 11.5 Å². The lowest BCUT2D eigenvalue weighted by Gasteiger charge is -2.43. The number of amides is 1. The smallest absolute Gasteiger partial charge is 0.257 e. The van der Waals surface area contributed by atoms with Crippen molar-refractivity contribution >= 4 is 11.9 Å². The van der Waals surface area contributed by atoms with Gasteiger partial charge in [0, 0.05) is 64.0 Å². The van der Waals surface area contributed by atoms with Crippen LogP contribution in [0, 0.1) is 0 Å². The molecule has 2 fully saturated rings. The van der Waals surface area contributed by atoms with Crippen LogP contribution in [0.4, 0.5) is 5.95 Å². The molecule has 1 aromatic carbocycles. The van der Waals surface area contributed by atoms with E-state index in [1.165, 1.54) is 19.3 Å². The molecule has 33 heavy (non-hydrogen) atoms. The maximum atomic E-state index is 13.3. The first kappa shape index (κ1) is 21.9. The lowest BCUT2D eigenvalue weighted by molar-refractivity contribution is 0.0759. The highest BCUT2D eigenvalue weighted by molar-refractivity contribution is 5.97. The second kappa shape index (κ2) is 9.55. The molecule has 176 valence electrons. The van der Waals surface area contributed by atoms with Crippen molar-refractivity contribution in [2.75, 3.05) is 58.4 Å². The Hall–Kier alpha value is -2.87. The number of rotatable bonds is 5. The summed E-state index contributed by atoms with van der Waals surface area (Å²) in [5, 5.41) is 0. The van der Waals surface area contributed by atoms with Gasteiger partial charge in [0.2, 0.25) is 5.95 Å². The first-order valence-electron chi connectivity index (χ1n) is 12.0. The van der Waals surface area contributed by atoms with Crippen LogP contribution in [0.3, 0.4) is 0 Å². The van der Waals surface area contributed by atoms with E-state index in [4.69, 9.17) is 19.4 Å². The number of fused-ring (bicyclic) bond motifs is 1. The number of piperazine rings is 1. The number of hydrogen-bond donors (Lipinski definition) is 0. The fourth-order valence-corrected chi connectivity index (χ4v) is 5.00. The average Bonchev–Trinajstić information content (AvgIpc) is 3.05. The molecule has 2 aliphatic heterocycles. The van der Waals surface area contributed by atoms with E-state index in [0.29, 0.717) is 30.2 Å². The van der Waals surface area contributed by atoms with Gasteiger partial charge < -0.3 is 19.3 Å². The zero-order valence-corrected chi connectivity index (χ0v) is 19.6. The number of anilines is 1. The molecule has 2 aromatic rings. The first-order chi connectivity index (χ1) is 16.2. The van der Waals surface area contributed by atoms with E-state index in [2.05, 4.69) is 9.80 Å². The molecule has 1 saturated heterocycles. The van der Waals surface area contributed by atoms with Crippen molar-refractivity contribution in [1.29, 1.82) is 0 Å². The summed E-state index contributed by atoms with van der Waals surface area (Å²) >= 11 is 0. The molecule has 0 spiro atoms. The Morgan fingerprint density at radius 3 is 2.48 bits per heavy atom. The van der Waals surface area contributed by atoms with Gasteiger partial charge in [-0.2, -0.15) is 0 Å². The molecule has 1 aliphatic carbocycles. The van der Waals surface area contributed by atoms with Crippen LogP contribution >= 0.6 is 0 Å². The van der Waals surface area contributed by atoms with E-state index in [0.717, 1.165) is 62.3 Å². The number of carbonyl (C=O) groups excluding carboxylic acids is 1. The summed E-state index contributed by atoms with van der Waals surface area (Å²) in [5.74, 6) is 2.01. The fourth-order valence-electron chi connectivity index (χ4n) is 5.00. The Morgan fingerprint density at radius 2 is 1.79 bits per heavy atom. The quantitative estimate of drug-likeness (QED) is 0.691. The molecule has 5 rings (SSSR count). The van der Waals surface area contributed by atoms with Crippen LogP contribution in [0.1, 0.15) is 40.9 Å². The summed E-state index contributed by atoms with van der Waals surface area (Å²) in [7, 11) is 3.18. The molecule has 0 unspecified atom stereocenters. The van der Waals surface area contributed by atoms with Crippen molar-refractivity contribution in [2.24, 2.45) is 0 Å². The molecule has 0 bridgehead atoms. The lowest BCUT2D eigenvalue weighted by atomic mass is 9.91. The average molecular weight is 452 g/mol. The van der Waals surface area contributed by atoms with Crippen LogP contribution in [0.15, 0.2) is 24.4 Å². The predicted molar refractivity (Wildman–Crippen MR) is 126 cm³/mol. The minimum Gasteiger partial charge on any atom is -0.497 e. The van der Waals surface area contributed by atoms with Gasteiger partial charge in [-0.25, -0.2) is 9.97 Å². The summed E-state index contributed by atoms with van der Waals surface area (Å²) in [4.78, 5) is 29.7. The second-order valence-corrected chi connectivity index (χ2v) is 9.11. The monoisotopic (exact) mass is 451 g/mol. The standard InChI is InChI=1S/C25H33N5O3/c1-32-20-6-7-21(23(16-20)33-2)24(31)29-10-8-18-17-26-25(27-22(18)9-11-29)30-14-12-28(13-15-30)19-4-3-5-19/h6-7,16-17,19H,3-5,8-15H2,1-2H3. The van der Waals surface area contributed by atoms with Gasteiger partial charge in [-0.1, -0.05) is 6.42 Å². The SMILES string of the molecule is COc1ccc(C(=O)N2CCc3cnc(N4CCN(C5CCC5)CC4)nc3CC2)c(OC)c1. The minimum atomic E-state index is -0.0254. The van der Waals surface area contributed by atoms with E-state index in [1.54, 1.807) is 32.4 Å². The van der Waals surface area contributed by atoms with Gasteiger partial charge in [-0.05, 0) is 37.0 Å². The molecule has 0 N–H and O–H groups in total. The third-order valence-electron chi connectivity index (χ3n) is 7.33. The fraction of sp³-hybridized carbons (Fsp3) is 0.560. The highest BCUT2D eigenvalue weighted by atomic mass is 16.5. The highest BCUT2D eigenvalue weighted by Gasteiger charge is 2.29. The predicted octanol–water partition coefficient (Wildman–Crippen LogP) is 2.41. The second-order valence-electron chi connectivity index (χ2n) is 9.11. The Morgan fingerprint density at radius 1 is 1.00 bits per heavy atom. The normalized spacial score (nSPS) is 19.5. The topological polar surface area (TPSA) is 71.0 Å². The van der Waals surface area contributed by atoms with Crippen molar-refractivity contribution in [3.05, 3.63) is 41.2 Å². The number of carbonyl (C=O) groups is 1. The molecule has 1 amide bonds. The van der Waals surface area contributed by atoms with Crippen molar-refractivity contribution in [3.63, 3.8) is 0 Å². The zero-order chi connectivity index (χ0) is 22.8. The van der Waals surface area contributed by atoms with Crippen molar-refractivity contribution in [1.82, 2.24) is 19.8 Å². The molecule has 0 atom stereocenters. The maximum Gasteiger partial charge on any atom is 0.257 e. The van der Waals surface area contributed by atoms with Gasteiger partial charge in [-0.15, -0.1) is 0 Å². The summed E-state index contributed by atoms with van der Waals surface area (Å²) in [5.41, 5.74) is 2.77. The van der Waals surface area contributed by atoms with E-state index < -0.39 is 0 Å². The van der Waals surface area contributed by atoms with E-state index in [9.17, 15) is 4.79 Å². The van der Waals surface area contributed by atoms with Crippen molar-refractivity contribution in [2.45, 2.75) is 38.1 Å². The Balaban J connectivity index is 1.25. The maximum absolute atomic E-state index is 13.3. The number of nitrogens with zero attached hydrogens (tertiary/aromatic N) is 5. The first-order valence-corrected chi connectivity index (χ1v) is 12.0. The van der Waals surface area contributed by atoms with Gasteiger partial charge in [0.15, 0.2) is 0 Å². The molecular formula is C25H33N5O3. The van der Waals surface area contributed by atoms with Gasteiger partial charge in [0.25, 0.3) is 5.91 Å². The van der Waals surface area contributed by atoms with Crippen molar-refractivity contribution < 1.29 is 14.3 Å². The number of benzene rings is 1. The molecule has 1 aromatic heterocycles. The number of ether oxygens (including phenoxy) is 2. The summed E-state index contributed by atoms with van der Waals surface area (Å²) < 4.78 is 10.7. The van der Waals surface area contributed by atoms with Crippen LogP contribution in [0.25, 0.3) is 0 Å². The van der Waals surface area contributed by atoms with Crippen LogP contribution in [-0.2, 0) is 12.8 Å². The Kier molecular flexibility index (Phi) is 6.35. The highest BCUT2D eigenvalue weighted by Crippen LogP contribution is 2.28. The number of methoxy groups -OCH3 is 2. The third kappa shape index (κ3) is 4.49. The minimum absolute atomic E-state index is 0.0254. The third-order valence-corrected chi connectivity index (χ3v) is 7.33. The largest absolute Gasteiger partial charge is 0.497 e. The lowest BCUT2D eigenvalue weighted by Crippen LogP contribution is -2.52. The van der Waals surface area contributed by atoms with Gasteiger partial charge in [-0.3, -0.25) is 9.69 Å². The van der Waals surface area contributed by atoms with Gasteiger partial charge in [0.1, 0.15) is 11.5 Å². The summed E-state index contributed by atoms with van der Waals surface area (Å²) in [6.45, 7) is 5.43. The van der Waals surface area contributed by atoms with Crippen LogP contribution in [-0.4, -0.2) is 85.2 Å². The Labute approximate surface area is 195 Å². The molecule has 3 aliphatic rings. The Bertz CT molecular complexity index is 1000. The number of aromatic nitrogens is 2.